The Morgan fingerprint density at radius 1 is 0.585 bits per heavy atom. The van der Waals surface area contributed by atoms with Crippen LogP contribution in [0.1, 0.15) is 28.1 Å². The van der Waals surface area contributed by atoms with Crippen molar-refractivity contribution in [3.05, 3.63) is 173 Å². The highest BCUT2D eigenvalue weighted by Gasteiger charge is 2.48. The SMILES string of the molecule is [C-]#[N+]c1cccc(-c2cccc(C3(c4cccc(-c5cccc(C#N)c5)n4)c4ccccc4-c4ccccc43)n2)c1. The molecule has 190 valence electrons. The summed E-state index contributed by atoms with van der Waals surface area (Å²) < 4.78 is 0. The third-order valence-electron chi connectivity index (χ3n) is 7.78. The van der Waals surface area contributed by atoms with E-state index < -0.39 is 5.41 Å². The highest BCUT2D eigenvalue weighted by atomic mass is 14.8. The van der Waals surface area contributed by atoms with Gasteiger partial charge >= 0.3 is 0 Å². The highest BCUT2D eigenvalue weighted by Crippen LogP contribution is 2.55. The molecule has 0 amide bonds. The van der Waals surface area contributed by atoms with Crippen LogP contribution in [0.5, 0.6) is 0 Å². The second kappa shape index (κ2) is 9.72. The summed E-state index contributed by atoms with van der Waals surface area (Å²) in [6.45, 7) is 7.48. The van der Waals surface area contributed by atoms with E-state index in [1.807, 2.05) is 66.7 Å². The van der Waals surface area contributed by atoms with Crippen LogP contribution in [0.2, 0.25) is 0 Å². The van der Waals surface area contributed by atoms with E-state index in [0.29, 0.717) is 11.3 Å². The molecule has 1 aliphatic carbocycles. The van der Waals surface area contributed by atoms with Gasteiger partial charge in [0.2, 0.25) is 0 Å². The molecule has 0 radical (unpaired) electrons. The Hall–Kier alpha value is -5.84. The first kappa shape index (κ1) is 24.2. The molecule has 4 heteroatoms. The molecule has 6 aromatic rings. The highest BCUT2D eigenvalue weighted by molar-refractivity contribution is 5.85. The summed E-state index contributed by atoms with van der Waals surface area (Å²) in [6.07, 6.45) is 0. The average Bonchev–Trinajstić information content (AvgIpc) is 3.36. The molecule has 0 fully saturated rings. The molecule has 0 N–H and O–H groups in total. The fourth-order valence-corrected chi connectivity index (χ4v) is 6.01. The molecule has 2 heterocycles. The van der Waals surface area contributed by atoms with Crippen molar-refractivity contribution in [1.29, 1.82) is 5.26 Å². The van der Waals surface area contributed by atoms with Gasteiger partial charge in [0.25, 0.3) is 0 Å². The number of pyridine rings is 2. The molecule has 7 rings (SSSR count). The van der Waals surface area contributed by atoms with Crippen molar-refractivity contribution >= 4 is 5.69 Å². The van der Waals surface area contributed by atoms with Gasteiger partial charge in [0, 0.05) is 5.56 Å². The lowest BCUT2D eigenvalue weighted by atomic mass is 9.72. The van der Waals surface area contributed by atoms with Gasteiger partial charge in [-0.2, -0.15) is 5.26 Å². The molecule has 2 aromatic heterocycles. The van der Waals surface area contributed by atoms with E-state index in [1.54, 1.807) is 6.07 Å². The van der Waals surface area contributed by atoms with Gasteiger partial charge < -0.3 is 0 Å². The van der Waals surface area contributed by atoms with Crippen LogP contribution in [0.25, 0.3) is 38.5 Å². The summed E-state index contributed by atoms with van der Waals surface area (Å²) in [6, 6.07) is 46.5. The third-order valence-corrected chi connectivity index (χ3v) is 7.78. The largest absolute Gasteiger partial charge is 0.251 e. The smallest absolute Gasteiger partial charge is 0.187 e. The molecular weight excluding hydrogens is 500 g/mol. The summed E-state index contributed by atoms with van der Waals surface area (Å²) in [4.78, 5) is 14.2. The van der Waals surface area contributed by atoms with Crippen molar-refractivity contribution in [3.63, 3.8) is 0 Å². The summed E-state index contributed by atoms with van der Waals surface area (Å²) in [5.74, 6) is 0. The van der Waals surface area contributed by atoms with E-state index in [4.69, 9.17) is 16.5 Å². The Bertz CT molecular complexity index is 1900. The minimum atomic E-state index is -0.774. The molecule has 4 aromatic carbocycles. The molecule has 0 atom stereocenters. The topological polar surface area (TPSA) is 53.9 Å². The van der Waals surface area contributed by atoms with Gasteiger partial charge in [-0.3, -0.25) is 9.97 Å². The van der Waals surface area contributed by atoms with Crippen molar-refractivity contribution in [3.8, 4) is 39.7 Å². The van der Waals surface area contributed by atoms with Gasteiger partial charge in [-0.25, -0.2) is 4.85 Å². The number of hydrogen-bond donors (Lipinski definition) is 0. The first-order valence-corrected chi connectivity index (χ1v) is 13.4. The summed E-state index contributed by atoms with van der Waals surface area (Å²) in [5.41, 5.74) is 10.0. The Kier molecular flexibility index (Phi) is 5.74. The number of rotatable bonds is 4. The van der Waals surface area contributed by atoms with E-state index in [0.717, 1.165) is 56.2 Å². The lowest BCUT2D eigenvalue weighted by Gasteiger charge is -2.32. The quantitative estimate of drug-likeness (QED) is 0.218. The second-order valence-electron chi connectivity index (χ2n) is 10.0. The summed E-state index contributed by atoms with van der Waals surface area (Å²) in [7, 11) is 0. The van der Waals surface area contributed by atoms with E-state index >= 15 is 0 Å². The van der Waals surface area contributed by atoms with Crippen molar-refractivity contribution in [2.75, 3.05) is 0 Å². The van der Waals surface area contributed by atoms with Crippen LogP contribution >= 0.6 is 0 Å². The van der Waals surface area contributed by atoms with Crippen LogP contribution in [0.3, 0.4) is 0 Å². The van der Waals surface area contributed by atoms with E-state index in [-0.39, 0.29) is 0 Å². The number of benzene rings is 4. The zero-order chi connectivity index (χ0) is 27.8. The maximum atomic E-state index is 9.50. The van der Waals surface area contributed by atoms with Crippen LogP contribution in [-0.2, 0) is 5.41 Å². The van der Waals surface area contributed by atoms with Crippen molar-refractivity contribution in [2.45, 2.75) is 5.41 Å². The van der Waals surface area contributed by atoms with Crippen LogP contribution in [0.15, 0.2) is 133 Å². The lowest BCUT2D eigenvalue weighted by molar-refractivity contribution is 0.708. The maximum absolute atomic E-state index is 9.50. The molecule has 0 saturated heterocycles. The standard InChI is InChI=1S/C37H22N4/c1-39-28-13-7-12-27(23-28)34-19-9-21-36(41-34)37(31-16-4-2-14-29(31)30-15-3-5-17-32(30)37)35-20-8-18-33(40-35)26-11-6-10-25(22-26)24-38/h2-23H. The van der Waals surface area contributed by atoms with Gasteiger partial charge in [-0.15, -0.1) is 0 Å². The van der Waals surface area contributed by atoms with Gasteiger partial charge in [0.15, 0.2) is 5.69 Å². The number of nitriles is 1. The molecule has 1 aliphatic rings. The van der Waals surface area contributed by atoms with Crippen LogP contribution in [0.4, 0.5) is 5.69 Å². The molecule has 0 unspecified atom stereocenters. The van der Waals surface area contributed by atoms with E-state index in [2.05, 4.69) is 71.6 Å². The van der Waals surface area contributed by atoms with Crippen molar-refractivity contribution in [1.82, 2.24) is 9.97 Å². The number of nitrogens with zero attached hydrogens (tertiary/aromatic N) is 4. The Balaban J connectivity index is 1.53. The average molecular weight is 523 g/mol. The molecule has 0 saturated carbocycles. The normalized spacial score (nSPS) is 12.5. The zero-order valence-corrected chi connectivity index (χ0v) is 22.0. The van der Waals surface area contributed by atoms with Crippen LogP contribution in [0, 0.1) is 17.9 Å². The van der Waals surface area contributed by atoms with Crippen LogP contribution < -0.4 is 0 Å². The third kappa shape index (κ3) is 3.82. The Morgan fingerprint density at radius 3 is 1.71 bits per heavy atom. The van der Waals surface area contributed by atoms with Crippen molar-refractivity contribution < 1.29 is 0 Å². The predicted octanol–water partition coefficient (Wildman–Crippen LogP) is 8.60. The van der Waals surface area contributed by atoms with Gasteiger partial charge in [0.05, 0.1) is 41.0 Å². The van der Waals surface area contributed by atoms with Gasteiger partial charge in [-0.1, -0.05) is 91.0 Å². The minimum absolute atomic E-state index is 0.579. The van der Waals surface area contributed by atoms with Gasteiger partial charge in [0.1, 0.15) is 5.41 Å². The van der Waals surface area contributed by atoms with E-state index in [9.17, 15) is 5.26 Å². The zero-order valence-electron chi connectivity index (χ0n) is 22.0. The monoisotopic (exact) mass is 522 g/mol. The molecule has 0 aliphatic heterocycles. The Labute approximate surface area is 238 Å². The van der Waals surface area contributed by atoms with Gasteiger partial charge in [-0.05, 0) is 70.3 Å². The molecular formula is C37H22N4. The minimum Gasteiger partial charge on any atom is -0.251 e. The Morgan fingerprint density at radius 2 is 1.12 bits per heavy atom. The first-order chi connectivity index (χ1) is 20.2. The molecule has 41 heavy (non-hydrogen) atoms. The molecule has 0 bridgehead atoms. The van der Waals surface area contributed by atoms with E-state index in [1.165, 1.54) is 0 Å². The second-order valence-corrected chi connectivity index (χ2v) is 10.0. The predicted molar refractivity (Wildman–Crippen MR) is 161 cm³/mol. The number of aromatic nitrogens is 2. The summed E-state index contributed by atoms with van der Waals surface area (Å²) in [5, 5.41) is 9.50. The van der Waals surface area contributed by atoms with Crippen LogP contribution in [-0.4, -0.2) is 9.97 Å². The fraction of sp³-hybridized carbons (Fsp3) is 0.0270. The number of hydrogen-bond acceptors (Lipinski definition) is 3. The maximum Gasteiger partial charge on any atom is 0.187 e. The summed E-state index contributed by atoms with van der Waals surface area (Å²) >= 11 is 0. The fourth-order valence-electron chi connectivity index (χ4n) is 6.01. The first-order valence-electron chi connectivity index (χ1n) is 13.4. The van der Waals surface area contributed by atoms with Crippen molar-refractivity contribution in [2.24, 2.45) is 0 Å². The number of fused-ring (bicyclic) bond motifs is 3. The molecule has 4 nitrogen and oxygen atoms in total. The molecule has 0 spiro atoms. The lowest BCUT2D eigenvalue weighted by Crippen LogP contribution is -2.31.